The molecule has 0 aliphatic carbocycles. The van der Waals surface area contributed by atoms with Crippen LogP contribution < -0.4 is 0 Å². The van der Waals surface area contributed by atoms with E-state index in [1.165, 1.54) is 0 Å². The summed E-state index contributed by atoms with van der Waals surface area (Å²) in [4.78, 5) is 11.1. The molecule has 1 fully saturated rings. The molecule has 14 heavy (non-hydrogen) atoms. The van der Waals surface area contributed by atoms with Crippen molar-refractivity contribution in [1.29, 1.82) is 0 Å². The fraction of sp³-hybridized carbons (Fsp3) is 0.667. The van der Waals surface area contributed by atoms with Gasteiger partial charge in [0.2, 0.25) is 7.37 Å². The van der Waals surface area contributed by atoms with Gasteiger partial charge in [-0.2, -0.15) is 0 Å². The van der Waals surface area contributed by atoms with Crippen molar-refractivity contribution >= 4 is 13.3 Å². The zero-order chi connectivity index (χ0) is 10.4. The second-order valence-electron chi connectivity index (χ2n) is 3.10. The van der Waals surface area contributed by atoms with Gasteiger partial charge >= 0.3 is 5.97 Å². The first-order valence-corrected chi connectivity index (χ1v) is 6.47. The lowest BCUT2D eigenvalue weighted by molar-refractivity contribution is -0.139. The highest BCUT2D eigenvalue weighted by Crippen LogP contribution is 2.50. The van der Waals surface area contributed by atoms with E-state index in [-0.39, 0.29) is 12.8 Å². The third kappa shape index (κ3) is 3.53. The largest absolute Gasteiger partial charge is 0.452 e. The number of terminal acetylenes is 1. The van der Waals surface area contributed by atoms with Gasteiger partial charge in [0, 0.05) is 6.16 Å². The van der Waals surface area contributed by atoms with Crippen molar-refractivity contribution in [2.45, 2.75) is 12.8 Å². The number of hydrogen-bond acceptors (Lipinski definition) is 4. The molecule has 1 atom stereocenters. The molecule has 4 nitrogen and oxygen atoms in total. The van der Waals surface area contributed by atoms with E-state index < -0.39 is 13.3 Å². The van der Waals surface area contributed by atoms with Crippen LogP contribution in [0.3, 0.4) is 0 Å². The minimum atomic E-state index is -2.75. The summed E-state index contributed by atoms with van der Waals surface area (Å²) >= 11 is 0. The van der Waals surface area contributed by atoms with Crippen LogP contribution in [0.15, 0.2) is 0 Å². The van der Waals surface area contributed by atoms with Crippen LogP contribution in [-0.4, -0.2) is 31.5 Å². The average molecular weight is 216 g/mol. The van der Waals surface area contributed by atoms with E-state index in [1.807, 2.05) is 0 Å². The first-order valence-electron chi connectivity index (χ1n) is 4.48. The second kappa shape index (κ2) is 5.19. The number of carbonyl (C=O) groups is 1. The normalized spacial score (nSPS) is 26.5. The Kier molecular flexibility index (Phi) is 4.19. The van der Waals surface area contributed by atoms with Crippen molar-refractivity contribution in [1.82, 2.24) is 0 Å². The Morgan fingerprint density at radius 1 is 1.57 bits per heavy atom. The van der Waals surface area contributed by atoms with Gasteiger partial charge in [-0.1, -0.05) is 5.92 Å². The molecule has 78 valence electrons. The maximum atomic E-state index is 11.8. The highest BCUT2D eigenvalue weighted by atomic mass is 31.2. The number of carbonyl (C=O) groups excluding carboxylic acids is 1. The van der Waals surface area contributed by atoms with E-state index >= 15 is 0 Å². The van der Waals surface area contributed by atoms with Gasteiger partial charge in [-0.05, 0) is 12.8 Å². The summed E-state index contributed by atoms with van der Waals surface area (Å²) in [6.07, 6.45) is 6.99. The molecule has 5 heteroatoms. The maximum absolute atomic E-state index is 11.8. The van der Waals surface area contributed by atoms with E-state index in [2.05, 4.69) is 10.7 Å². The Morgan fingerprint density at radius 2 is 2.36 bits per heavy atom. The molecular weight excluding hydrogens is 203 g/mol. The first kappa shape index (κ1) is 11.3. The first-order chi connectivity index (χ1) is 6.66. The number of rotatable bonds is 3. The molecule has 0 bridgehead atoms. The maximum Gasteiger partial charge on any atom is 0.316 e. The molecule has 1 rings (SSSR count). The van der Waals surface area contributed by atoms with Crippen molar-refractivity contribution in [2.75, 3.05) is 25.5 Å². The van der Waals surface area contributed by atoms with Gasteiger partial charge in [-0.15, -0.1) is 6.42 Å². The van der Waals surface area contributed by atoms with Crippen LogP contribution >= 0.6 is 7.37 Å². The zero-order valence-corrected chi connectivity index (χ0v) is 8.79. The van der Waals surface area contributed by atoms with Gasteiger partial charge in [0.1, 0.15) is 6.16 Å². The van der Waals surface area contributed by atoms with Crippen molar-refractivity contribution in [3.05, 3.63) is 0 Å². The lowest BCUT2D eigenvalue weighted by Crippen LogP contribution is -2.16. The van der Waals surface area contributed by atoms with Gasteiger partial charge in [0.15, 0.2) is 6.61 Å². The molecule has 1 saturated heterocycles. The third-order valence-corrected chi connectivity index (χ3v) is 4.30. The van der Waals surface area contributed by atoms with E-state index in [9.17, 15) is 9.36 Å². The predicted octanol–water partition coefficient (Wildman–Crippen LogP) is 1.25. The minimum Gasteiger partial charge on any atom is -0.452 e. The van der Waals surface area contributed by atoms with Crippen LogP contribution in [0.2, 0.25) is 0 Å². The number of esters is 1. The lowest BCUT2D eigenvalue weighted by atomic mass is 10.4. The molecule has 0 N–H and O–H groups in total. The van der Waals surface area contributed by atoms with E-state index in [0.29, 0.717) is 12.8 Å². The SMILES string of the molecule is C#CCOC(=O)CP1(=O)CCCCO1. The Bertz CT molecular complexity index is 282. The highest BCUT2D eigenvalue weighted by Gasteiger charge is 2.29. The standard InChI is InChI=1S/C9H13O4P/c1-2-5-12-9(10)8-14(11)7-4-3-6-13-14/h1H,3-8H2. The Labute approximate surface area is 83.4 Å². The molecule has 1 aliphatic heterocycles. The third-order valence-electron chi connectivity index (χ3n) is 1.91. The molecule has 0 amide bonds. The van der Waals surface area contributed by atoms with Crippen LogP contribution in [0.5, 0.6) is 0 Å². The molecule has 0 saturated carbocycles. The van der Waals surface area contributed by atoms with Gasteiger partial charge in [-0.25, -0.2) is 0 Å². The van der Waals surface area contributed by atoms with Gasteiger partial charge in [0.25, 0.3) is 0 Å². The summed E-state index contributed by atoms with van der Waals surface area (Å²) in [6.45, 7) is 0.401. The van der Waals surface area contributed by atoms with Crippen LogP contribution in [0.4, 0.5) is 0 Å². The Hall–Kier alpha value is -0.780. The highest BCUT2D eigenvalue weighted by molar-refractivity contribution is 7.59. The summed E-state index contributed by atoms with van der Waals surface area (Å²) in [5.74, 6) is 1.64. The summed E-state index contributed by atoms with van der Waals surface area (Å²) in [5.41, 5.74) is 0. The smallest absolute Gasteiger partial charge is 0.316 e. The van der Waals surface area contributed by atoms with E-state index in [0.717, 1.165) is 12.8 Å². The molecule has 0 aromatic heterocycles. The van der Waals surface area contributed by atoms with Crippen LogP contribution in [-0.2, 0) is 18.6 Å². The summed E-state index contributed by atoms with van der Waals surface area (Å²) in [7, 11) is -2.75. The molecule has 1 heterocycles. The molecule has 1 aliphatic rings. The van der Waals surface area contributed by atoms with Gasteiger partial charge in [0.05, 0.1) is 6.61 Å². The minimum absolute atomic E-state index is 0.0706. The number of hydrogen-bond donors (Lipinski definition) is 0. The predicted molar refractivity (Wildman–Crippen MR) is 52.3 cm³/mol. The average Bonchev–Trinajstić information content (AvgIpc) is 2.15. The van der Waals surface area contributed by atoms with Crippen molar-refractivity contribution in [3.8, 4) is 12.3 Å². The fourth-order valence-electron chi connectivity index (χ4n) is 1.24. The van der Waals surface area contributed by atoms with Crippen LogP contribution in [0.1, 0.15) is 12.8 Å². The monoisotopic (exact) mass is 216 g/mol. The fourth-order valence-corrected chi connectivity index (χ4v) is 3.27. The molecular formula is C9H13O4P. The van der Waals surface area contributed by atoms with Gasteiger partial charge < -0.3 is 9.26 Å². The Morgan fingerprint density at radius 3 is 2.93 bits per heavy atom. The zero-order valence-electron chi connectivity index (χ0n) is 7.90. The van der Waals surface area contributed by atoms with Gasteiger partial charge in [-0.3, -0.25) is 9.36 Å². The Balaban J connectivity index is 2.38. The summed E-state index contributed by atoms with van der Waals surface area (Å²) in [5, 5.41) is 0. The molecule has 0 radical (unpaired) electrons. The van der Waals surface area contributed by atoms with Crippen LogP contribution in [0.25, 0.3) is 0 Å². The summed E-state index contributed by atoms with van der Waals surface area (Å²) in [6, 6.07) is 0. The molecule has 1 unspecified atom stereocenters. The quantitative estimate of drug-likeness (QED) is 0.404. The second-order valence-corrected chi connectivity index (χ2v) is 5.75. The van der Waals surface area contributed by atoms with Crippen molar-refractivity contribution < 1.29 is 18.6 Å². The molecule has 0 spiro atoms. The number of ether oxygens (including phenoxy) is 1. The van der Waals surface area contributed by atoms with Crippen molar-refractivity contribution in [2.24, 2.45) is 0 Å². The molecule has 0 aromatic carbocycles. The van der Waals surface area contributed by atoms with E-state index in [1.54, 1.807) is 0 Å². The van der Waals surface area contributed by atoms with Crippen LogP contribution in [0, 0.1) is 12.3 Å². The topological polar surface area (TPSA) is 52.6 Å². The van der Waals surface area contributed by atoms with Crippen molar-refractivity contribution in [3.63, 3.8) is 0 Å². The van der Waals surface area contributed by atoms with E-state index in [4.69, 9.17) is 10.9 Å². The lowest BCUT2D eigenvalue weighted by Gasteiger charge is -2.21. The molecule has 0 aromatic rings. The summed E-state index contributed by atoms with van der Waals surface area (Å²) < 4.78 is 21.6.